The van der Waals surface area contributed by atoms with Gasteiger partial charge >= 0.3 is 6.18 Å². The number of hydrogen-bond donors (Lipinski definition) is 1. The predicted molar refractivity (Wildman–Crippen MR) is 92.7 cm³/mol. The highest BCUT2D eigenvalue weighted by Crippen LogP contribution is 2.31. The number of rotatable bonds is 3. The van der Waals surface area contributed by atoms with E-state index in [4.69, 9.17) is 5.11 Å². The molecule has 4 aromatic rings. The summed E-state index contributed by atoms with van der Waals surface area (Å²) in [5, 5.41) is 11.6. The second-order valence-electron chi connectivity index (χ2n) is 5.67. The number of alkyl halides is 3. The number of pyridine rings is 1. The van der Waals surface area contributed by atoms with Gasteiger partial charge in [0.1, 0.15) is 10.7 Å². The number of imidazole rings is 1. The summed E-state index contributed by atoms with van der Waals surface area (Å²) in [7, 11) is 0. The minimum atomic E-state index is -4.35. The van der Waals surface area contributed by atoms with Crippen LogP contribution >= 0.6 is 11.3 Å². The van der Waals surface area contributed by atoms with Gasteiger partial charge in [-0.3, -0.25) is 0 Å². The molecule has 26 heavy (non-hydrogen) atoms. The molecule has 0 aliphatic rings. The molecular weight excluding hydrogens is 363 g/mol. The van der Waals surface area contributed by atoms with Crippen molar-refractivity contribution < 1.29 is 18.3 Å². The Labute approximate surface area is 150 Å². The maximum Gasteiger partial charge on any atom is 0.416 e. The Bertz CT molecular complexity index is 1070. The van der Waals surface area contributed by atoms with E-state index in [1.54, 1.807) is 10.6 Å². The molecule has 0 unspecified atom stereocenters. The molecular formula is C18H12F3N3OS. The zero-order valence-corrected chi connectivity index (χ0v) is 14.1. The van der Waals surface area contributed by atoms with Gasteiger partial charge in [0, 0.05) is 28.9 Å². The summed E-state index contributed by atoms with van der Waals surface area (Å²) in [5.41, 5.74) is 2.82. The normalized spacial score (nSPS) is 12.0. The average Bonchev–Trinajstić information content (AvgIpc) is 3.27. The van der Waals surface area contributed by atoms with Gasteiger partial charge in [0.25, 0.3) is 0 Å². The molecule has 0 aliphatic heterocycles. The van der Waals surface area contributed by atoms with Crippen LogP contribution < -0.4 is 0 Å². The third-order valence-electron chi connectivity index (χ3n) is 3.94. The molecule has 1 N–H and O–H groups in total. The predicted octanol–water partition coefficient (Wildman–Crippen LogP) is 4.64. The van der Waals surface area contributed by atoms with Gasteiger partial charge in [-0.25, -0.2) is 9.97 Å². The highest BCUT2D eigenvalue weighted by Gasteiger charge is 2.30. The van der Waals surface area contributed by atoms with Gasteiger partial charge in [0.2, 0.25) is 0 Å². The van der Waals surface area contributed by atoms with E-state index in [1.165, 1.54) is 23.5 Å². The monoisotopic (exact) mass is 375 g/mol. The van der Waals surface area contributed by atoms with E-state index in [0.29, 0.717) is 21.9 Å². The van der Waals surface area contributed by atoms with E-state index in [1.807, 2.05) is 23.7 Å². The van der Waals surface area contributed by atoms with Gasteiger partial charge in [0.15, 0.2) is 0 Å². The van der Waals surface area contributed by atoms with Crippen molar-refractivity contribution in [1.82, 2.24) is 14.4 Å². The number of thiazole rings is 1. The van der Waals surface area contributed by atoms with E-state index < -0.39 is 11.7 Å². The highest BCUT2D eigenvalue weighted by molar-refractivity contribution is 7.09. The number of fused-ring (bicyclic) bond motifs is 1. The van der Waals surface area contributed by atoms with Crippen LogP contribution in [0.5, 0.6) is 0 Å². The number of nitrogens with zero attached hydrogens (tertiary/aromatic N) is 3. The molecule has 8 heteroatoms. The van der Waals surface area contributed by atoms with Crippen LogP contribution in [-0.4, -0.2) is 19.5 Å². The average molecular weight is 375 g/mol. The number of hydrogen-bond acceptors (Lipinski definition) is 4. The van der Waals surface area contributed by atoms with Crippen molar-refractivity contribution in [3.63, 3.8) is 0 Å². The van der Waals surface area contributed by atoms with Crippen LogP contribution in [-0.2, 0) is 12.8 Å². The first-order valence-corrected chi connectivity index (χ1v) is 8.54. The first kappa shape index (κ1) is 16.7. The molecule has 0 amide bonds. The van der Waals surface area contributed by atoms with E-state index in [0.717, 1.165) is 23.4 Å². The summed E-state index contributed by atoms with van der Waals surface area (Å²) >= 11 is 1.38. The molecule has 0 saturated heterocycles. The smallest absolute Gasteiger partial charge is 0.389 e. The maximum absolute atomic E-state index is 12.7. The molecule has 3 aromatic heterocycles. The van der Waals surface area contributed by atoms with Crippen molar-refractivity contribution in [2.45, 2.75) is 12.8 Å². The number of aliphatic hydroxyl groups excluding tert-OH is 1. The van der Waals surface area contributed by atoms with Crippen LogP contribution in [0.2, 0.25) is 0 Å². The fourth-order valence-electron chi connectivity index (χ4n) is 2.63. The number of aromatic nitrogens is 3. The zero-order chi connectivity index (χ0) is 18.3. The Morgan fingerprint density at radius 3 is 2.31 bits per heavy atom. The van der Waals surface area contributed by atoms with Crippen LogP contribution in [0.15, 0.2) is 54.2 Å². The second kappa shape index (κ2) is 6.22. The van der Waals surface area contributed by atoms with E-state index in [9.17, 15) is 13.2 Å². The Morgan fingerprint density at radius 2 is 1.65 bits per heavy atom. The molecule has 1 aromatic carbocycles. The SMILES string of the molecule is OCc1nc(-c2ccc3nc(-c4ccc(C(F)(F)F)cc4)cn3c2)cs1. The lowest BCUT2D eigenvalue weighted by Gasteiger charge is -2.06. The van der Waals surface area contributed by atoms with E-state index >= 15 is 0 Å². The van der Waals surface area contributed by atoms with Crippen molar-refractivity contribution in [2.24, 2.45) is 0 Å². The molecule has 0 atom stereocenters. The lowest BCUT2D eigenvalue weighted by atomic mass is 10.1. The molecule has 3 heterocycles. The van der Waals surface area contributed by atoms with Crippen LogP contribution in [0.4, 0.5) is 13.2 Å². The Balaban J connectivity index is 1.69. The topological polar surface area (TPSA) is 50.4 Å². The molecule has 0 bridgehead atoms. The zero-order valence-electron chi connectivity index (χ0n) is 13.2. The lowest BCUT2D eigenvalue weighted by molar-refractivity contribution is -0.137. The Morgan fingerprint density at radius 1 is 0.923 bits per heavy atom. The summed E-state index contributed by atoms with van der Waals surface area (Å²) in [6, 6.07) is 8.63. The standard InChI is InChI=1S/C18H12F3N3OS/c19-18(20,21)13-4-1-11(2-5-13)14-8-24-7-12(3-6-16(24)22-14)15-10-26-17(9-25)23-15/h1-8,10,25H,9H2. The van der Waals surface area contributed by atoms with Gasteiger partial charge in [-0.05, 0) is 24.3 Å². The summed E-state index contributed by atoms with van der Waals surface area (Å²) in [5.74, 6) is 0. The minimum Gasteiger partial charge on any atom is -0.389 e. The van der Waals surface area contributed by atoms with Crippen molar-refractivity contribution in [3.8, 4) is 22.5 Å². The number of halogens is 3. The van der Waals surface area contributed by atoms with Crippen molar-refractivity contribution in [3.05, 3.63) is 64.7 Å². The molecule has 132 valence electrons. The third kappa shape index (κ3) is 3.09. The first-order valence-electron chi connectivity index (χ1n) is 7.66. The Hall–Kier alpha value is -2.71. The summed E-state index contributed by atoms with van der Waals surface area (Å²) in [4.78, 5) is 8.79. The van der Waals surface area contributed by atoms with Crippen molar-refractivity contribution in [1.29, 1.82) is 0 Å². The largest absolute Gasteiger partial charge is 0.416 e. The van der Waals surface area contributed by atoms with Gasteiger partial charge in [0.05, 0.1) is 23.6 Å². The fourth-order valence-corrected chi connectivity index (χ4v) is 3.29. The van der Waals surface area contributed by atoms with Crippen molar-refractivity contribution >= 4 is 17.0 Å². The van der Waals surface area contributed by atoms with Crippen molar-refractivity contribution in [2.75, 3.05) is 0 Å². The summed E-state index contributed by atoms with van der Waals surface area (Å²) in [6.45, 7) is -0.101. The van der Waals surface area contributed by atoms with E-state index in [-0.39, 0.29) is 6.61 Å². The van der Waals surface area contributed by atoms with Gasteiger partial charge in [-0.1, -0.05) is 12.1 Å². The highest BCUT2D eigenvalue weighted by atomic mass is 32.1. The van der Waals surface area contributed by atoms with E-state index in [2.05, 4.69) is 9.97 Å². The summed E-state index contributed by atoms with van der Waals surface area (Å²) in [6.07, 6.45) is -0.736. The molecule has 0 fully saturated rings. The maximum atomic E-state index is 12.7. The minimum absolute atomic E-state index is 0.101. The van der Waals surface area contributed by atoms with Gasteiger partial charge in [-0.15, -0.1) is 11.3 Å². The number of aliphatic hydroxyl groups is 1. The quantitative estimate of drug-likeness (QED) is 0.568. The van der Waals surface area contributed by atoms with Crippen LogP contribution in [0.25, 0.3) is 28.2 Å². The van der Waals surface area contributed by atoms with Crippen LogP contribution in [0.3, 0.4) is 0 Å². The summed E-state index contributed by atoms with van der Waals surface area (Å²) < 4.78 is 39.9. The second-order valence-corrected chi connectivity index (χ2v) is 6.61. The molecule has 4 rings (SSSR count). The van der Waals surface area contributed by atoms with Crippen LogP contribution in [0.1, 0.15) is 10.6 Å². The third-order valence-corrected chi connectivity index (χ3v) is 4.78. The lowest BCUT2D eigenvalue weighted by Crippen LogP contribution is -2.03. The molecule has 0 saturated carbocycles. The fraction of sp³-hybridized carbons (Fsp3) is 0.111. The first-order chi connectivity index (χ1) is 12.4. The molecule has 0 spiro atoms. The Kier molecular flexibility index (Phi) is 4.01. The molecule has 4 nitrogen and oxygen atoms in total. The number of benzene rings is 1. The van der Waals surface area contributed by atoms with Gasteiger partial charge < -0.3 is 9.51 Å². The van der Waals surface area contributed by atoms with Crippen LogP contribution in [0, 0.1) is 0 Å². The van der Waals surface area contributed by atoms with Gasteiger partial charge in [-0.2, -0.15) is 13.2 Å². The molecule has 0 aliphatic carbocycles. The molecule has 0 radical (unpaired) electrons.